The minimum Gasteiger partial charge on any atom is -0.326 e. The Labute approximate surface area is 121 Å². The highest BCUT2D eigenvalue weighted by molar-refractivity contribution is 5.90. The van der Waals surface area contributed by atoms with Gasteiger partial charge in [-0.2, -0.15) is 0 Å². The maximum absolute atomic E-state index is 12.0. The van der Waals surface area contributed by atoms with Crippen LogP contribution in [0.2, 0.25) is 0 Å². The fraction of sp³-hybridized carbons (Fsp3) is 0.562. The van der Waals surface area contributed by atoms with Gasteiger partial charge < -0.3 is 16.0 Å². The highest BCUT2D eigenvalue weighted by Gasteiger charge is 2.16. The quantitative estimate of drug-likeness (QED) is 0.866. The lowest BCUT2D eigenvalue weighted by Crippen LogP contribution is -2.35. The van der Waals surface area contributed by atoms with E-state index in [1.54, 1.807) is 0 Å². The van der Waals surface area contributed by atoms with Crippen LogP contribution >= 0.6 is 0 Å². The van der Waals surface area contributed by atoms with Crippen LogP contribution in [0.5, 0.6) is 0 Å². The summed E-state index contributed by atoms with van der Waals surface area (Å²) in [5.74, 6) is 0.914. The van der Waals surface area contributed by atoms with Crippen molar-refractivity contribution in [3.63, 3.8) is 0 Å². The molecule has 1 saturated heterocycles. The fourth-order valence-electron chi connectivity index (χ4n) is 2.54. The Bertz CT molecular complexity index is 439. The fourth-order valence-corrected chi connectivity index (χ4v) is 2.54. The second-order valence-corrected chi connectivity index (χ2v) is 5.73. The molecule has 110 valence electrons. The van der Waals surface area contributed by atoms with Crippen molar-refractivity contribution in [1.82, 2.24) is 4.90 Å². The molecule has 0 radical (unpaired) electrons. The molecule has 4 heteroatoms. The highest BCUT2D eigenvalue weighted by Crippen LogP contribution is 2.16. The van der Waals surface area contributed by atoms with E-state index < -0.39 is 0 Å². The summed E-state index contributed by atoms with van der Waals surface area (Å²) >= 11 is 0. The monoisotopic (exact) mass is 275 g/mol. The van der Waals surface area contributed by atoms with Crippen LogP contribution in [0.15, 0.2) is 24.3 Å². The summed E-state index contributed by atoms with van der Waals surface area (Å²) in [6.45, 7) is 5.90. The van der Waals surface area contributed by atoms with Gasteiger partial charge in [0, 0.05) is 25.2 Å². The molecular formula is C16H25N3O. The molecule has 0 atom stereocenters. The van der Waals surface area contributed by atoms with E-state index >= 15 is 0 Å². The number of nitrogens with zero attached hydrogens (tertiary/aromatic N) is 1. The summed E-state index contributed by atoms with van der Waals surface area (Å²) < 4.78 is 0. The Morgan fingerprint density at radius 2 is 2.15 bits per heavy atom. The first kappa shape index (κ1) is 15.0. The minimum atomic E-state index is 0.0813. The molecule has 3 N–H and O–H groups in total. The van der Waals surface area contributed by atoms with Crippen LogP contribution in [0.25, 0.3) is 0 Å². The lowest BCUT2D eigenvalue weighted by molar-refractivity contribution is -0.116. The molecule has 1 aliphatic rings. The van der Waals surface area contributed by atoms with Gasteiger partial charge in [0.05, 0.1) is 0 Å². The van der Waals surface area contributed by atoms with Gasteiger partial charge in [-0.05, 0) is 49.5 Å². The number of piperidine rings is 1. The third-order valence-corrected chi connectivity index (χ3v) is 3.98. The Hall–Kier alpha value is -1.39. The first-order chi connectivity index (χ1) is 9.67. The summed E-state index contributed by atoms with van der Waals surface area (Å²) in [6.07, 6.45) is 3.06. The van der Waals surface area contributed by atoms with Gasteiger partial charge in [0.2, 0.25) is 5.91 Å². The van der Waals surface area contributed by atoms with Crippen molar-refractivity contribution < 1.29 is 4.79 Å². The summed E-state index contributed by atoms with van der Waals surface area (Å²) in [6, 6.07) is 7.72. The second-order valence-electron chi connectivity index (χ2n) is 5.73. The number of nitrogens with two attached hydrogens (primary N) is 1. The van der Waals surface area contributed by atoms with Crippen LogP contribution in [-0.2, 0) is 11.3 Å². The van der Waals surface area contributed by atoms with Crippen molar-refractivity contribution in [2.45, 2.75) is 32.7 Å². The van der Waals surface area contributed by atoms with E-state index in [0.29, 0.717) is 13.0 Å². The molecule has 0 bridgehead atoms. The Morgan fingerprint density at radius 1 is 1.40 bits per heavy atom. The number of amides is 1. The van der Waals surface area contributed by atoms with Crippen molar-refractivity contribution in [2.75, 3.05) is 25.0 Å². The molecule has 0 spiro atoms. The number of anilines is 1. The summed E-state index contributed by atoms with van der Waals surface area (Å²) in [4.78, 5) is 14.3. The molecule has 1 fully saturated rings. The molecule has 1 aromatic carbocycles. The largest absolute Gasteiger partial charge is 0.326 e. The van der Waals surface area contributed by atoms with E-state index in [-0.39, 0.29) is 5.91 Å². The number of carbonyl (C=O) groups is 1. The van der Waals surface area contributed by atoms with E-state index in [9.17, 15) is 4.79 Å². The summed E-state index contributed by atoms with van der Waals surface area (Å²) in [5, 5.41) is 2.94. The Balaban J connectivity index is 1.74. The first-order valence-corrected chi connectivity index (χ1v) is 7.48. The smallest absolute Gasteiger partial charge is 0.225 e. The van der Waals surface area contributed by atoms with E-state index in [4.69, 9.17) is 5.73 Å². The zero-order chi connectivity index (χ0) is 14.4. The lowest BCUT2D eigenvalue weighted by Gasteiger charge is -2.29. The molecule has 0 aliphatic carbocycles. The average molecular weight is 275 g/mol. The van der Waals surface area contributed by atoms with Crippen molar-refractivity contribution in [3.8, 4) is 0 Å². The van der Waals surface area contributed by atoms with Crippen molar-refractivity contribution in [2.24, 2.45) is 11.7 Å². The predicted octanol–water partition coefficient (Wildman–Crippen LogP) is 2.21. The minimum absolute atomic E-state index is 0.0813. The van der Waals surface area contributed by atoms with E-state index in [1.165, 1.54) is 12.8 Å². The van der Waals surface area contributed by atoms with Crippen LogP contribution < -0.4 is 11.1 Å². The van der Waals surface area contributed by atoms with E-state index in [1.807, 2.05) is 24.3 Å². The number of likely N-dealkylation sites (tertiary alicyclic amines) is 1. The maximum Gasteiger partial charge on any atom is 0.225 e. The van der Waals surface area contributed by atoms with Gasteiger partial charge in [-0.25, -0.2) is 0 Å². The van der Waals surface area contributed by atoms with Crippen LogP contribution in [0.4, 0.5) is 5.69 Å². The van der Waals surface area contributed by atoms with Crippen molar-refractivity contribution in [3.05, 3.63) is 29.8 Å². The molecule has 1 amide bonds. The molecular weight excluding hydrogens is 250 g/mol. The number of hydrogen-bond acceptors (Lipinski definition) is 3. The number of benzene rings is 1. The Kier molecular flexibility index (Phi) is 5.56. The topological polar surface area (TPSA) is 58.4 Å². The van der Waals surface area contributed by atoms with Crippen LogP contribution in [0.3, 0.4) is 0 Å². The van der Waals surface area contributed by atoms with Gasteiger partial charge in [0.25, 0.3) is 0 Å². The normalized spacial score (nSPS) is 17.1. The molecule has 2 rings (SSSR count). The van der Waals surface area contributed by atoms with Gasteiger partial charge in [0.1, 0.15) is 0 Å². The zero-order valence-electron chi connectivity index (χ0n) is 12.3. The molecule has 1 aromatic rings. The number of nitrogens with one attached hydrogen (secondary N) is 1. The van der Waals surface area contributed by atoms with Gasteiger partial charge in [-0.3, -0.25) is 4.79 Å². The number of rotatable bonds is 5. The third kappa shape index (κ3) is 4.62. The molecule has 0 aromatic heterocycles. The standard InChI is InChI=1S/C16H25N3O/c1-13-5-8-19(9-6-13)10-7-16(20)18-15-4-2-3-14(11-15)12-17/h2-4,11,13H,5-10,12,17H2,1H3,(H,18,20). The van der Waals surface area contributed by atoms with Gasteiger partial charge in [0.15, 0.2) is 0 Å². The van der Waals surface area contributed by atoms with Crippen LogP contribution in [-0.4, -0.2) is 30.4 Å². The lowest BCUT2D eigenvalue weighted by atomic mass is 9.99. The number of carbonyl (C=O) groups excluding carboxylic acids is 1. The maximum atomic E-state index is 12.0. The molecule has 0 unspecified atom stereocenters. The third-order valence-electron chi connectivity index (χ3n) is 3.98. The molecule has 20 heavy (non-hydrogen) atoms. The SMILES string of the molecule is CC1CCN(CCC(=O)Nc2cccc(CN)c2)CC1. The molecule has 1 aliphatic heterocycles. The van der Waals surface area contributed by atoms with Crippen molar-refractivity contribution >= 4 is 11.6 Å². The van der Waals surface area contributed by atoms with Gasteiger partial charge in [-0.1, -0.05) is 19.1 Å². The summed E-state index contributed by atoms with van der Waals surface area (Å²) in [5.41, 5.74) is 7.47. The Morgan fingerprint density at radius 3 is 2.85 bits per heavy atom. The van der Waals surface area contributed by atoms with Crippen molar-refractivity contribution in [1.29, 1.82) is 0 Å². The molecule has 1 heterocycles. The molecule has 0 saturated carbocycles. The van der Waals surface area contributed by atoms with Gasteiger partial charge in [-0.15, -0.1) is 0 Å². The van der Waals surface area contributed by atoms with E-state index in [0.717, 1.165) is 36.8 Å². The van der Waals surface area contributed by atoms with Crippen LogP contribution in [0, 0.1) is 5.92 Å². The zero-order valence-corrected chi connectivity index (χ0v) is 12.3. The van der Waals surface area contributed by atoms with Crippen LogP contribution in [0.1, 0.15) is 31.7 Å². The van der Waals surface area contributed by atoms with E-state index in [2.05, 4.69) is 17.1 Å². The van der Waals surface area contributed by atoms with Gasteiger partial charge >= 0.3 is 0 Å². The predicted molar refractivity (Wildman–Crippen MR) is 82.4 cm³/mol. The highest BCUT2D eigenvalue weighted by atomic mass is 16.1. The molecule has 4 nitrogen and oxygen atoms in total. The number of hydrogen-bond donors (Lipinski definition) is 2. The first-order valence-electron chi connectivity index (χ1n) is 7.48. The summed E-state index contributed by atoms with van der Waals surface area (Å²) in [7, 11) is 0. The second kappa shape index (κ2) is 7.41. The average Bonchev–Trinajstić information content (AvgIpc) is 2.47.